The molecule has 34 heavy (non-hydrogen) atoms. The molecular weight excluding hydrogens is 612 g/mol. The number of rotatable bonds is 12. The fourth-order valence-corrected chi connectivity index (χ4v) is 56.3. The SMILES string of the molecule is C[Si](C)(C)/C=C/[CH]([Sn-]([CH](/C=C/[Si](C)(C)C)[Si](C)(C)C)[CH](/C=C/[Si](C)(C)C)[Si](C)(C)C)[Si](C)(C)C. The van der Waals surface area contributed by atoms with Gasteiger partial charge in [-0.25, -0.2) is 0 Å². The van der Waals surface area contributed by atoms with Crippen LogP contribution in [-0.2, 0) is 0 Å². The Bertz CT molecular complexity index is 613. The summed E-state index contributed by atoms with van der Waals surface area (Å²) in [6.07, 6.45) is 8.58. The summed E-state index contributed by atoms with van der Waals surface area (Å²) in [6, 6.07) is 0. The minimum absolute atomic E-state index is 0.924. The Hall–Kier alpha value is 1.32. The van der Waals surface area contributed by atoms with Crippen molar-refractivity contribution in [3.8, 4) is 0 Å². The molecule has 3 unspecified atom stereocenters. The molecule has 0 saturated carbocycles. The van der Waals surface area contributed by atoms with Crippen LogP contribution in [0.3, 0.4) is 0 Å². The Morgan fingerprint density at radius 3 is 0.647 bits per heavy atom. The molecule has 0 heterocycles. The molecule has 0 N–H and O–H groups in total. The summed E-state index contributed by atoms with van der Waals surface area (Å²) in [5.74, 6) is 0. The first-order valence-electron chi connectivity index (χ1n) is 13.6. The van der Waals surface area contributed by atoms with Crippen molar-refractivity contribution in [1.82, 2.24) is 0 Å². The summed E-state index contributed by atoms with van der Waals surface area (Å²) in [6.45, 7) is 47.0. The summed E-state index contributed by atoms with van der Waals surface area (Å²) in [5.41, 5.74) is 8.22. The molecule has 0 bridgehead atoms. The quantitative estimate of drug-likeness (QED) is 0.181. The van der Waals surface area contributed by atoms with Crippen LogP contribution in [0.4, 0.5) is 0 Å². The van der Waals surface area contributed by atoms with Crippen molar-refractivity contribution in [3.63, 3.8) is 0 Å². The predicted octanol–water partition coefficient (Wildman–Crippen LogP) is 10.5. The van der Waals surface area contributed by atoms with Crippen LogP contribution in [0.1, 0.15) is 0 Å². The van der Waals surface area contributed by atoms with Crippen LogP contribution in [0.2, 0.25) is 129 Å². The summed E-state index contributed by atoms with van der Waals surface area (Å²) in [7, 11) is -7.77. The topological polar surface area (TPSA) is 0 Å². The molecule has 0 aromatic heterocycles. The molecule has 3 atom stereocenters. The summed E-state index contributed by atoms with van der Waals surface area (Å²) < 4.78 is 2.77. The summed E-state index contributed by atoms with van der Waals surface area (Å²) in [4.78, 5) is 0. The zero-order valence-corrected chi connectivity index (χ0v) is 35.6. The normalized spacial score (nSPS) is 18.4. The van der Waals surface area contributed by atoms with Crippen molar-refractivity contribution in [2.24, 2.45) is 0 Å². The van der Waals surface area contributed by atoms with Gasteiger partial charge in [0.2, 0.25) is 0 Å². The Labute approximate surface area is 230 Å². The second-order valence-electron chi connectivity index (χ2n) is 17.2. The van der Waals surface area contributed by atoms with Crippen molar-refractivity contribution in [1.29, 1.82) is 0 Å². The van der Waals surface area contributed by atoms with E-state index in [0.29, 0.717) is 0 Å². The zero-order chi connectivity index (χ0) is 27.6. The van der Waals surface area contributed by atoms with Crippen LogP contribution in [0.15, 0.2) is 35.3 Å². The third-order valence-corrected chi connectivity index (χ3v) is 52.7. The third kappa shape index (κ3) is 14.3. The van der Waals surface area contributed by atoms with Crippen molar-refractivity contribution in [2.45, 2.75) is 129 Å². The molecule has 0 fully saturated rings. The monoisotopic (exact) mass is 675 g/mol. The molecule has 0 aliphatic carbocycles. The number of hydrogen-bond acceptors (Lipinski definition) is 0. The minimum atomic E-state index is -2.05. The first kappa shape index (κ1) is 35.3. The molecule has 7 heteroatoms. The van der Waals surface area contributed by atoms with Crippen LogP contribution in [0, 0.1) is 0 Å². The van der Waals surface area contributed by atoms with E-state index in [1.807, 2.05) is 0 Å². The zero-order valence-electron chi connectivity index (χ0n) is 26.7. The Morgan fingerprint density at radius 1 is 0.353 bits per heavy atom. The van der Waals surface area contributed by atoms with Crippen molar-refractivity contribution in [3.05, 3.63) is 35.3 Å². The van der Waals surface area contributed by atoms with E-state index in [1.54, 1.807) is 0 Å². The molecule has 0 aliphatic rings. The second-order valence-corrected chi connectivity index (χ2v) is 61.6. The number of allylic oxidation sites excluding steroid dienone is 3. The average Bonchev–Trinajstić information content (AvgIpc) is 2.47. The Kier molecular flexibility index (Phi) is 12.9. The van der Waals surface area contributed by atoms with Gasteiger partial charge in [0, 0.05) is 0 Å². The van der Waals surface area contributed by atoms with Gasteiger partial charge in [0.25, 0.3) is 0 Å². The van der Waals surface area contributed by atoms with Gasteiger partial charge in [-0.05, 0) is 0 Å². The maximum atomic E-state index is 2.86. The summed E-state index contributed by atoms with van der Waals surface area (Å²) >= 11 is -2.05. The van der Waals surface area contributed by atoms with Crippen molar-refractivity contribution in [2.75, 3.05) is 0 Å². The van der Waals surface area contributed by atoms with Gasteiger partial charge in [-0.15, -0.1) is 0 Å². The van der Waals surface area contributed by atoms with Gasteiger partial charge in [0.05, 0.1) is 0 Å². The molecular formula is C27H63Si6Sn-. The van der Waals surface area contributed by atoms with E-state index in [1.165, 1.54) is 0 Å². The summed E-state index contributed by atoms with van der Waals surface area (Å²) in [5, 5.41) is 0. The van der Waals surface area contributed by atoms with E-state index >= 15 is 0 Å². The van der Waals surface area contributed by atoms with E-state index in [0.717, 1.165) is 10.7 Å². The van der Waals surface area contributed by atoms with Crippen LogP contribution >= 0.6 is 0 Å². The first-order chi connectivity index (χ1) is 14.7. The van der Waals surface area contributed by atoms with Gasteiger partial charge < -0.3 is 0 Å². The van der Waals surface area contributed by atoms with Gasteiger partial charge in [-0.1, -0.05) is 0 Å². The molecule has 0 aliphatic heterocycles. The van der Waals surface area contributed by atoms with E-state index in [4.69, 9.17) is 0 Å². The molecule has 0 aromatic rings. The molecule has 0 saturated heterocycles. The fourth-order valence-electron chi connectivity index (χ4n) is 4.43. The van der Waals surface area contributed by atoms with Crippen LogP contribution in [-0.4, -0.2) is 68.2 Å². The molecule has 200 valence electrons. The van der Waals surface area contributed by atoms with E-state index in [9.17, 15) is 0 Å². The van der Waals surface area contributed by atoms with Crippen LogP contribution < -0.4 is 0 Å². The van der Waals surface area contributed by atoms with Crippen LogP contribution in [0.25, 0.3) is 0 Å². The molecule has 0 rings (SSSR count). The molecule has 0 nitrogen and oxygen atoms in total. The van der Waals surface area contributed by atoms with Crippen LogP contribution in [0.5, 0.6) is 0 Å². The third-order valence-electron chi connectivity index (χ3n) is 6.24. The Morgan fingerprint density at radius 2 is 0.529 bits per heavy atom. The standard InChI is InChI=1S/3C9H21Si2.Sn/c3*1-10(2,3)8-7-9-11(4,5)6;/h3*7-9H,1-6H3;/q;;;-1/b3*8-7+;. The van der Waals surface area contributed by atoms with E-state index in [-0.39, 0.29) is 0 Å². The van der Waals surface area contributed by atoms with Crippen molar-refractivity contribution < 1.29 is 0 Å². The van der Waals surface area contributed by atoms with Crippen molar-refractivity contribution >= 4 is 68.2 Å². The van der Waals surface area contributed by atoms with Gasteiger partial charge in [0.1, 0.15) is 0 Å². The fraction of sp³-hybridized carbons (Fsp3) is 0.778. The molecule has 0 spiro atoms. The molecule has 0 amide bonds. The van der Waals surface area contributed by atoms with E-state index < -0.39 is 68.2 Å². The number of hydrogen-bond donors (Lipinski definition) is 0. The second kappa shape index (κ2) is 12.5. The Balaban J connectivity index is 7.37. The maximum absolute atomic E-state index is 2.86. The predicted molar refractivity (Wildman–Crippen MR) is 184 cm³/mol. The van der Waals surface area contributed by atoms with E-state index in [2.05, 4.69) is 153 Å². The van der Waals surface area contributed by atoms with Gasteiger partial charge in [-0.3, -0.25) is 0 Å². The molecule has 0 aromatic carbocycles. The molecule has 0 radical (unpaired) electrons. The first-order valence-corrected chi connectivity index (χ1v) is 40.0. The van der Waals surface area contributed by atoms with Gasteiger partial charge in [-0.2, -0.15) is 0 Å². The van der Waals surface area contributed by atoms with Gasteiger partial charge >= 0.3 is 232 Å². The van der Waals surface area contributed by atoms with Gasteiger partial charge in [0.15, 0.2) is 0 Å². The average molecular weight is 675 g/mol.